The number of amides is 1. The second-order valence-electron chi connectivity index (χ2n) is 5.08. The molecule has 0 saturated carbocycles. The number of benzene rings is 2. The van der Waals surface area contributed by atoms with Crippen LogP contribution in [0.2, 0.25) is 0 Å². The first-order valence-corrected chi connectivity index (χ1v) is 7.13. The van der Waals surface area contributed by atoms with Crippen LogP contribution < -0.4 is 5.32 Å². The molecule has 0 aliphatic rings. The van der Waals surface area contributed by atoms with Gasteiger partial charge in [0.05, 0.1) is 5.56 Å². The molecule has 1 aromatic heterocycles. The highest BCUT2D eigenvalue weighted by molar-refractivity contribution is 6.01. The van der Waals surface area contributed by atoms with Gasteiger partial charge in [-0.15, -0.1) is 0 Å². The van der Waals surface area contributed by atoms with E-state index in [2.05, 4.69) is 10.3 Å². The zero-order chi connectivity index (χ0) is 15.4. The SMILES string of the molecule is O=C(NCCc1ccncc1)c1cc2ccccc2cc1O. The Labute approximate surface area is 128 Å². The first kappa shape index (κ1) is 14.1. The number of fused-ring (bicyclic) bond motifs is 1. The number of nitrogens with one attached hydrogen (secondary N) is 1. The molecule has 1 amide bonds. The first-order valence-electron chi connectivity index (χ1n) is 7.13. The molecule has 0 radical (unpaired) electrons. The van der Waals surface area contributed by atoms with E-state index >= 15 is 0 Å². The van der Waals surface area contributed by atoms with Gasteiger partial charge in [0.2, 0.25) is 0 Å². The van der Waals surface area contributed by atoms with Gasteiger partial charge >= 0.3 is 0 Å². The summed E-state index contributed by atoms with van der Waals surface area (Å²) in [6.45, 7) is 0.509. The third kappa shape index (κ3) is 3.06. The summed E-state index contributed by atoms with van der Waals surface area (Å²) in [5.41, 5.74) is 1.41. The van der Waals surface area contributed by atoms with Crippen LogP contribution in [0.15, 0.2) is 60.9 Å². The molecule has 0 unspecified atom stereocenters. The van der Waals surface area contributed by atoms with E-state index in [-0.39, 0.29) is 11.7 Å². The van der Waals surface area contributed by atoms with E-state index in [0.717, 1.165) is 22.8 Å². The third-order valence-corrected chi connectivity index (χ3v) is 3.56. The Hall–Kier alpha value is -2.88. The molecule has 0 aliphatic carbocycles. The number of aromatic hydroxyl groups is 1. The van der Waals surface area contributed by atoms with E-state index in [1.54, 1.807) is 24.5 Å². The Morgan fingerprint density at radius 3 is 2.45 bits per heavy atom. The number of phenolic OH excluding ortho intramolecular Hbond substituents is 1. The first-order chi connectivity index (χ1) is 10.7. The van der Waals surface area contributed by atoms with Crippen molar-refractivity contribution < 1.29 is 9.90 Å². The largest absolute Gasteiger partial charge is 0.507 e. The Morgan fingerprint density at radius 1 is 1.05 bits per heavy atom. The van der Waals surface area contributed by atoms with Gasteiger partial charge in [-0.3, -0.25) is 9.78 Å². The van der Waals surface area contributed by atoms with E-state index in [1.165, 1.54) is 0 Å². The summed E-state index contributed by atoms with van der Waals surface area (Å²) in [6.07, 6.45) is 4.18. The van der Waals surface area contributed by atoms with Crippen LogP contribution in [0, 0.1) is 0 Å². The summed E-state index contributed by atoms with van der Waals surface area (Å²) < 4.78 is 0. The molecule has 2 aromatic carbocycles. The number of rotatable bonds is 4. The maximum Gasteiger partial charge on any atom is 0.255 e. The number of hydrogen-bond acceptors (Lipinski definition) is 3. The molecule has 110 valence electrons. The third-order valence-electron chi connectivity index (χ3n) is 3.56. The van der Waals surface area contributed by atoms with Crippen LogP contribution in [0.3, 0.4) is 0 Å². The van der Waals surface area contributed by atoms with Crippen molar-refractivity contribution in [3.8, 4) is 5.75 Å². The van der Waals surface area contributed by atoms with Gasteiger partial charge in [-0.05, 0) is 47.0 Å². The maximum absolute atomic E-state index is 12.2. The molecule has 4 heteroatoms. The van der Waals surface area contributed by atoms with Gasteiger partial charge < -0.3 is 10.4 Å². The normalized spacial score (nSPS) is 10.5. The van der Waals surface area contributed by atoms with E-state index in [1.807, 2.05) is 36.4 Å². The van der Waals surface area contributed by atoms with Gasteiger partial charge in [0.15, 0.2) is 0 Å². The summed E-state index contributed by atoms with van der Waals surface area (Å²) in [4.78, 5) is 16.2. The van der Waals surface area contributed by atoms with Gasteiger partial charge in [0.1, 0.15) is 5.75 Å². The summed E-state index contributed by atoms with van der Waals surface area (Å²) in [5, 5.41) is 14.7. The number of pyridine rings is 1. The Kier molecular flexibility index (Phi) is 4.01. The van der Waals surface area contributed by atoms with Crippen LogP contribution in [-0.4, -0.2) is 22.5 Å². The molecule has 0 spiro atoms. The van der Waals surface area contributed by atoms with E-state index in [4.69, 9.17) is 0 Å². The van der Waals surface area contributed by atoms with E-state index in [0.29, 0.717) is 12.1 Å². The molecule has 1 heterocycles. The molecule has 0 atom stereocenters. The number of carbonyl (C=O) groups excluding carboxylic acids is 1. The molecule has 3 rings (SSSR count). The van der Waals surface area contributed by atoms with Crippen molar-refractivity contribution in [1.29, 1.82) is 0 Å². The average Bonchev–Trinajstić information content (AvgIpc) is 2.55. The lowest BCUT2D eigenvalue weighted by Gasteiger charge is -2.08. The van der Waals surface area contributed by atoms with Gasteiger partial charge in [0.25, 0.3) is 5.91 Å². The highest BCUT2D eigenvalue weighted by Crippen LogP contribution is 2.24. The van der Waals surface area contributed by atoms with Crippen LogP contribution in [-0.2, 0) is 6.42 Å². The van der Waals surface area contributed by atoms with Crippen LogP contribution >= 0.6 is 0 Å². The van der Waals surface area contributed by atoms with Crippen molar-refractivity contribution in [1.82, 2.24) is 10.3 Å². The lowest BCUT2D eigenvalue weighted by atomic mass is 10.1. The molecule has 0 fully saturated rings. The predicted octanol–water partition coefficient (Wildman–Crippen LogP) is 2.91. The highest BCUT2D eigenvalue weighted by Gasteiger charge is 2.11. The molecule has 3 aromatic rings. The van der Waals surface area contributed by atoms with Crippen LogP contribution in [0.4, 0.5) is 0 Å². The minimum absolute atomic E-state index is 0.000103. The zero-order valence-corrected chi connectivity index (χ0v) is 12.0. The van der Waals surface area contributed by atoms with E-state index < -0.39 is 0 Å². The maximum atomic E-state index is 12.2. The Morgan fingerprint density at radius 2 is 1.73 bits per heavy atom. The van der Waals surface area contributed by atoms with Crippen molar-refractivity contribution in [2.75, 3.05) is 6.54 Å². The molecule has 0 bridgehead atoms. The second kappa shape index (κ2) is 6.26. The van der Waals surface area contributed by atoms with Crippen LogP contribution in [0.1, 0.15) is 15.9 Å². The smallest absolute Gasteiger partial charge is 0.255 e. The number of aromatic nitrogens is 1. The Bertz CT molecular complexity index is 801. The minimum Gasteiger partial charge on any atom is -0.507 e. The van der Waals surface area contributed by atoms with Crippen molar-refractivity contribution >= 4 is 16.7 Å². The molecular weight excluding hydrogens is 276 g/mol. The molecule has 0 saturated heterocycles. The van der Waals surface area contributed by atoms with E-state index in [9.17, 15) is 9.90 Å². The van der Waals surface area contributed by atoms with Crippen LogP contribution in [0.25, 0.3) is 10.8 Å². The summed E-state index contributed by atoms with van der Waals surface area (Å²) in [6, 6.07) is 14.8. The standard InChI is InChI=1S/C18H16N2O2/c21-17-12-15-4-2-1-3-14(15)11-16(17)18(22)20-10-7-13-5-8-19-9-6-13/h1-6,8-9,11-12,21H,7,10H2,(H,20,22). The van der Waals surface area contributed by atoms with Gasteiger partial charge in [0, 0.05) is 18.9 Å². The summed E-state index contributed by atoms with van der Waals surface area (Å²) in [5.74, 6) is -0.266. The number of hydrogen-bond donors (Lipinski definition) is 2. The fraction of sp³-hybridized carbons (Fsp3) is 0.111. The zero-order valence-electron chi connectivity index (χ0n) is 12.0. The van der Waals surface area contributed by atoms with Crippen LogP contribution in [0.5, 0.6) is 5.75 Å². The van der Waals surface area contributed by atoms with Gasteiger partial charge in [-0.2, -0.15) is 0 Å². The van der Waals surface area contributed by atoms with Crippen molar-refractivity contribution in [3.05, 3.63) is 72.1 Å². The van der Waals surface area contributed by atoms with Crippen molar-refractivity contribution in [3.63, 3.8) is 0 Å². The monoisotopic (exact) mass is 292 g/mol. The minimum atomic E-state index is -0.266. The number of carbonyl (C=O) groups is 1. The lowest BCUT2D eigenvalue weighted by Crippen LogP contribution is -2.25. The molecule has 22 heavy (non-hydrogen) atoms. The quantitative estimate of drug-likeness (QED) is 0.777. The second-order valence-corrected chi connectivity index (χ2v) is 5.08. The fourth-order valence-electron chi connectivity index (χ4n) is 2.38. The predicted molar refractivity (Wildman–Crippen MR) is 85.9 cm³/mol. The lowest BCUT2D eigenvalue weighted by molar-refractivity contribution is 0.0951. The Balaban J connectivity index is 1.71. The number of nitrogens with zero attached hydrogens (tertiary/aromatic N) is 1. The molecule has 4 nitrogen and oxygen atoms in total. The van der Waals surface area contributed by atoms with Crippen molar-refractivity contribution in [2.24, 2.45) is 0 Å². The molecule has 0 aliphatic heterocycles. The fourth-order valence-corrected chi connectivity index (χ4v) is 2.38. The molecule has 2 N–H and O–H groups in total. The topological polar surface area (TPSA) is 62.2 Å². The summed E-state index contributed by atoms with van der Waals surface area (Å²) >= 11 is 0. The summed E-state index contributed by atoms with van der Waals surface area (Å²) in [7, 11) is 0. The molecular formula is C18H16N2O2. The highest BCUT2D eigenvalue weighted by atomic mass is 16.3. The number of phenols is 1. The van der Waals surface area contributed by atoms with Gasteiger partial charge in [-0.1, -0.05) is 24.3 Å². The van der Waals surface area contributed by atoms with Crippen molar-refractivity contribution in [2.45, 2.75) is 6.42 Å². The average molecular weight is 292 g/mol. The van der Waals surface area contributed by atoms with Gasteiger partial charge in [-0.25, -0.2) is 0 Å².